The van der Waals surface area contributed by atoms with E-state index >= 15 is 0 Å². The van der Waals surface area contributed by atoms with Crippen molar-refractivity contribution in [3.8, 4) is 6.07 Å². The van der Waals surface area contributed by atoms with Gasteiger partial charge in [0.05, 0.1) is 0 Å². The predicted octanol–water partition coefficient (Wildman–Crippen LogP) is 2.61. The van der Waals surface area contributed by atoms with Gasteiger partial charge in [0, 0.05) is 38.9 Å². The molecular formula is C18H30N4. The van der Waals surface area contributed by atoms with Crippen LogP contribution < -0.4 is 0 Å². The highest BCUT2D eigenvalue weighted by molar-refractivity contribution is 5.34. The summed E-state index contributed by atoms with van der Waals surface area (Å²) in [5.41, 5.74) is 3.24. The first-order chi connectivity index (χ1) is 10.4. The van der Waals surface area contributed by atoms with E-state index in [2.05, 4.69) is 43.7 Å². The SMILES string of the molecule is Cc1c(CN(C)C[C@H]2CCN(CC(C)C)C2)cc(C#N)n1C. The zero-order chi connectivity index (χ0) is 16.3. The molecule has 0 saturated carbocycles. The minimum absolute atomic E-state index is 0.755. The molecule has 0 aliphatic carbocycles. The van der Waals surface area contributed by atoms with Crippen LogP contribution in [0.1, 0.15) is 37.2 Å². The highest BCUT2D eigenvalue weighted by Crippen LogP contribution is 2.20. The molecular weight excluding hydrogens is 272 g/mol. The van der Waals surface area contributed by atoms with E-state index in [1.54, 1.807) is 0 Å². The number of aromatic nitrogens is 1. The van der Waals surface area contributed by atoms with Crippen LogP contribution in [0.25, 0.3) is 0 Å². The molecule has 1 atom stereocenters. The van der Waals surface area contributed by atoms with Crippen molar-refractivity contribution in [1.29, 1.82) is 5.26 Å². The van der Waals surface area contributed by atoms with Crippen LogP contribution in [0.5, 0.6) is 0 Å². The van der Waals surface area contributed by atoms with E-state index < -0.39 is 0 Å². The number of nitrogens with zero attached hydrogens (tertiary/aromatic N) is 4. The van der Waals surface area contributed by atoms with Crippen molar-refractivity contribution in [3.05, 3.63) is 23.0 Å². The van der Waals surface area contributed by atoms with E-state index in [4.69, 9.17) is 5.26 Å². The summed E-state index contributed by atoms with van der Waals surface area (Å²) in [7, 11) is 4.17. The molecule has 2 rings (SSSR count). The Labute approximate surface area is 135 Å². The molecule has 2 heterocycles. The summed E-state index contributed by atoms with van der Waals surface area (Å²) in [6, 6.07) is 4.30. The lowest BCUT2D eigenvalue weighted by Gasteiger charge is -2.22. The summed E-state index contributed by atoms with van der Waals surface area (Å²) in [5, 5.41) is 9.13. The highest BCUT2D eigenvalue weighted by atomic mass is 15.2. The second-order valence-electron chi connectivity index (χ2n) is 7.32. The van der Waals surface area contributed by atoms with E-state index in [0.29, 0.717) is 0 Å². The monoisotopic (exact) mass is 302 g/mol. The van der Waals surface area contributed by atoms with Gasteiger partial charge in [-0.3, -0.25) is 0 Å². The van der Waals surface area contributed by atoms with Crippen molar-refractivity contribution in [1.82, 2.24) is 14.4 Å². The van der Waals surface area contributed by atoms with Gasteiger partial charge in [0.15, 0.2) is 0 Å². The van der Waals surface area contributed by atoms with Crippen molar-refractivity contribution in [2.45, 2.75) is 33.7 Å². The molecule has 0 unspecified atom stereocenters. The normalized spacial score (nSPS) is 19.3. The predicted molar refractivity (Wildman–Crippen MR) is 90.6 cm³/mol. The van der Waals surface area contributed by atoms with Gasteiger partial charge in [-0.25, -0.2) is 0 Å². The van der Waals surface area contributed by atoms with E-state index in [-0.39, 0.29) is 0 Å². The Balaban J connectivity index is 1.86. The topological polar surface area (TPSA) is 35.2 Å². The summed E-state index contributed by atoms with van der Waals surface area (Å²) >= 11 is 0. The molecule has 4 nitrogen and oxygen atoms in total. The van der Waals surface area contributed by atoms with Gasteiger partial charge in [0.2, 0.25) is 0 Å². The standard InChI is InChI=1S/C18H30N4/c1-14(2)10-22-7-6-16(12-22)11-20(4)13-17-8-18(9-19)21(5)15(17)3/h8,14,16H,6-7,10-13H2,1-5H3/t16-/m1/s1. The van der Waals surface area contributed by atoms with Crippen molar-refractivity contribution < 1.29 is 0 Å². The largest absolute Gasteiger partial charge is 0.340 e. The lowest BCUT2D eigenvalue weighted by atomic mass is 10.1. The molecule has 0 spiro atoms. The molecule has 1 aliphatic heterocycles. The van der Waals surface area contributed by atoms with Gasteiger partial charge >= 0.3 is 0 Å². The van der Waals surface area contributed by atoms with Crippen molar-refractivity contribution >= 4 is 0 Å². The number of likely N-dealkylation sites (tertiary alicyclic amines) is 1. The summed E-state index contributed by atoms with van der Waals surface area (Å²) < 4.78 is 1.99. The molecule has 1 aromatic heterocycles. The van der Waals surface area contributed by atoms with Crippen LogP contribution >= 0.6 is 0 Å². The van der Waals surface area contributed by atoms with E-state index in [0.717, 1.165) is 30.6 Å². The summed E-state index contributed by atoms with van der Waals surface area (Å²) in [5.74, 6) is 1.54. The lowest BCUT2D eigenvalue weighted by Crippen LogP contribution is -2.29. The quantitative estimate of drug-likeness (QED) is 0.810. The van der Waals surface area contributed by atoms with E-state index in [1.165, 1.54) is 37.3 Å². The molecule has 0 N–H and O–H groups in total. The number of rotatable bonds is 6. The number of hydrogen-bond donors (Lipinski definition) is 0. The number of hydrogen-bond acceptors (Lipinski definition) is 3. The Morgan fingerprint density at radius 3 is 2.77 bits per heavy atom. The fraction of sp³-hybridized carbons (Fsp3) is 0.722. The zero-order valence-corrected chi connectivity index (χ0v) is 14.8. The first-order valence-electron chi connectivity index (χ1n) is 8.36. The molecule has 0 radical (unpaired) electrons. The highest BCUT2D eigenvalue weighted by Gasteiger charge is 2.24. The molecule has 0 bridgehead atoms. The minimum Gasteiger partial charge on any atom is -0.340 e. The van der Waals surface area contributed by atoms with Crippen LogP contribution in [0.3, 0.4) is 0 Å². The van der Waals surface area contributed by atoms with Gasteiger partial charge in [-0.2, -0.15) is 5.26 Å². The van der Waals surface area contributed by atoms with E-state index in [1.807, 2.05) is 17.7 Å². The summed E-state index contributed by atoms with van der Waals surface area (Å²) in [6.45, 7) is 12.5. The summed E-state index contributed by atoms with van der Waals surface area (Å²) in [6.07, 6.45) is 1.31. The molecule has 1 aromatic rings. The Morgan fingerprint density at radius 1 is 1.45 bits per heavy atom. The Kier molecular flexibility index (Phi) is 5.66. The van der Waals surface area contributed by atoms with Crippen LogP contribution in [0.4, 0.5) is 0 Å². The molecule has 1 fully saturated rings. The van der Waals surface area contributed by atoms with Gasteiger partial charge in [-0.1, -0.05) is 13.8 Å². The summed E-state index contributed by atoms with van der Waals surface area (Å²) in [4.78, 5) is 5.01. The average molecular weight is 302 g/mol. The van der Waals surface area contributed by atoms with Crippen LogP contribution in [0, 0.1) is 30.1 Å². The maximum absolute atomic E-state index is 9.13. The minimum atomic E-state index is 0.755. The molecule has 0 aromatic carbocycles. The van der Waals surface area contributed by atoms with Crippen LogP contribution in [0.2, 0.25) is 0 Å². The van der Waals surface area contributed by atoms with Crippen molar-refractivity contribution in [2.24, 2.45) is 18.9 Å². The molecule has 122 valence electrons. The first kappa shape index (κ1) is 17.1. The zero-order valence-electron chi connectivity index (χ0n) is 14.8. The van der Waals surface area contributed by atoms with Crippen molar-refractivity contribution in [2.75, 3.05) is 33.2 Å². The number of nitriles is 1. The fourth-order valence-electron chi connectivity index (χ4n) is 3.57. The van der Waals surface area contributed by atoms with E-state index in [9.17, 15) is 0 Å². The molecule has 4 heteroatoms. The van der Waals surface area contributed by atoms with Gasteiger partial charge in [-0.15, -0.1) is 0 Å². The maximum atomic E-state index is 9.13. The smallest absolute Gasteiger partial charge is 0.120 e. The van der Waals surface area contributed by atoms with Crippen molar-refractivity contribution in [3.63, 3.8) is 0 Å². The fourth-order valence-corrected chi connectivity index (χ4v) is 3.57. The van der Waals surface area contributed by atoms with Gasteiger partial charge in [-0.05, 0) is 50.4 Å². The molecule has 0 amide bonds. The van der Waals surface area contributed by atoms with Gasteiger partial charge in [0.1, 0.15) is 11.8 Å². The maximum Gasteiger partial charge on any atom is 0.120 e. The Bertz CT molecular complexity index is 538. The second-order valence-corrected chi connectivity index (χ2v) is 7.32. The van der Waals surface area contributed by atoms with Crippen LogP contribution in [-0.4, -0.2) is 47.6 Å². The Hall–Kier alpha value is -1.31. The Morgan fingerprint density at radius 2 is 2.18 bits per heavy atom. The van der Waals surface area contributed by atoms with Crippen LogP contribution in [-0.2, 0) is 13.6 Å². The third-order valence-electron chi connectivity index (χ3n) is 4.76. The van der Waals surface area contributed by atoms with Crippen LogP contribution in [0.15, 0.2) is 6.07 Å². The average Bonchev–Trinajstić information content (AvgIpc) is 2.97. The third-order valence-corrected chi connectivity index (χ3v) is 4.76. The second kappa shape index (κ2) is 7.30. The first-order valence-corrected chi connectivity index (χ1v) is 8.36. The third kappa shape index (κ3) is 4.12. The van der Waals surface area contributed by atoms with Gasteiger partial charge in [0.25, 0.3) is 0 Å². The molecule has 1 aliphatic rings. The lowest BCUT2D eigenvalue weighted by molar-refractivity contribution is 0.247. The van der Waals surface area contributed by atoms with Gasteiger partial charge < -0.3 is 14.4 Å². The molecule has 22 heavy (non-hydrogen) atoms. The molecule has 1 saturated heterocycles.